The summed E-state index contributed by atoms with van der Waals surface area (Å²) in [6, 6.07) is 30.8. The van der Waals surface area contributed by atoms with Crippen molar-refractivity contribution >= 4 is 30.3 Å². The van der Waals surface area contributed by atoms with Gasteiger partial charge in [0, 0.05) is 0 Å². The minimum atomic E-state index is 0.113. The first-order chi connectivity index (χ1) is 21.0. The Labute approximate surface area is 280 Å². The molecular formula is C43H47Zr-. The zero-order valence-electron chi connectivity index (χ0n) is 27.9. The third kappa shape index (κ3) is 6.51. The molecule has 1 aliphatic rings. The zero-order valence-corrected chi connectivity index (χ0v) is 30.4. The zero-order chi connectivity index (χ0) is 31.6. The molecule has 0 bridgehead atoms. The second-order valence-electron chi connectivity index (χ2n) is 14.1. The maximum absolute atomic E-state index is 2.49. The predicted octanol–water partition coefficient (Wildman–Crippen LogP) is 11.6. The van der Waals surface area contributed by atoms with Gasteiger partial charge in [0.25, 0.3) is 0 Å². The summed E-state index contributed by atoms with van der Waals surface area (Å²) in [4.78, 5) is 0. The second-order valence-corrected chi connectivity index (χ2v) is 15.3. The first kappa shape index (κ1) is 32.4. The molecule has 0 amide bonds. The molecule has 224 valence electrons. The number of aryl methyl sites for hydroxylation is 1. The van der Waals surface area contributed by atoms with E-state index in [-0.39, 0.29) is 10.8 Å². The van der Waals surface area contributed by atoms with Gasteiger partial charge in [0.1, 0.15) is 0 Å². The Morgan fingerprint density at radius 1 is 0.750 bits per heavy atom. The Morgan fingerprint density at radius 3 is 1.82 bits per heavy atom. The summed E-state index contributed by atoms with van der Waals surface area (Å²) in [6.45, 7) is 18.8. The third-order valence-corrected chi connectivity index (χ3v) is 10.3. The van der Waals surface area contributed by atoms with Crippen molar-refractivity contribution in [1.82, 2.24) is 0 Å². The molecule has 0 unspecified atom stereocenters. The second kappa shape index (κ2) is 13.1. The quantitative estimate of drug-likeness (QED) is 0.165. The van der Waals surface area contributed by atoms with Gasteiger partial charge in [0.15, 0.2) is 0 Å². The summed E-state index contributed by atoms with van der Waals surface area (Å²) in [5.74, 6) is 0. The van der Waals surface area contributed by atoms with Crippen LogP contribution in [0.4, 0.5) is 0 Å². The molecule has 0 saturated carbocycles. The van der Waals surface area contributed by atoms with Crippen LogP contribution in [0.2, 0.25) is 0 Å². The summed E-state index contributed by atoms with van der Waals surface area (Å²) in [5.41, 5.74) is 12.0. The molecule has 1 heteroatoms. The molecule has 0 saturated heterocycles. The number of fused-ring (bicyclic) bond motifs is 3. The average molecular weight is 655 g/mol. The Morgan fingerprint density at radius 2 is 1.34 bits per heavy atom. The summed E-state index contributed by atoms with van der Waals surface area (Å²) >= 11 is 1.46. The molecule has 0 fully saturated rings. The maximum atomic E-state index is 2.49. The molecule has 0 radical (unpaired) electrons. The van der Waals surface area contributed by atoms with E-state index in [4.69, 9.17) is 0 Å². The van der Waals surface area contributed by atoms with Crippen LogP contribution in [0.1, 0.15) is 101 Å². The minimum absolute atomic E-state index is 0.113. The number of benzene rings is 4. The Bertz CT molecular complexity index is 1800. The van der Waals surface area contributed by atoms with E-state index in [2.05, 4.69) is 159 Å². The van der Waals surface area contributed by atoms with Crippen LogP contribution in [0.3, 0.4) is 0 Å². The van der Waals surface area contributed by atoms with Crippen molar-refractivity contribution < 1.29 is 24.2 Å². The van der Waals surface area contributed by atoms with E-state index in [1.165, 1.54) is 76.8 Å². The van der Waals surface area contributed by atoms with Gasteiger partial charge in [0.2, 0.25) is 0 Å². The molecule has 5 aromatic rings. The van der Waals surface area contributed by atoms with Gasteiger partial charge >= 0.3 is 99.2 Å². The predicted molar refractivity (Wildman–Crippen MR) is 191 cm³/mol. The van der Waals surface area contributed by atoms with Crippen molar-refractivity contribution in [3.63, 3.8) is 0 Å². The number of hydrogen-bond donors (Lipinski definition) is 0. The van der Waals surface area contributed by atoms with Crippen molar-refractivity contribution in [2.75, 3.05) is 0 Å². The van der Waals surface area contributed by atoms with E-state index in [1.807, 2.05) is 0 Å². The summed E-state index contributed by atoms with van der Waals surface area (Å²) in [7, 11) is 0. The fourth-order valence-electron chi connectivity index (χ4n) is 6.81. The van der Waals surface area contributed by atoms with Crippen LogP contribution in [0, 0.1) is 0 Å². The van der Waals surface area contributed by atoms with Gasteiger partial charge in [-0.15, -0.1) is 33.7 Å². The van der Waals surface area contributed by atoms with Crippen LogP contribution < -0.4 is 0 Å². The van der Waals surface area contributed by atoms with Gasteiger partial charge in [-0.2, -0.15) is 0 Å². The normalized spacial score (nSPS) is 13.2. The van der Waals surface area contributed by atoms with Crippen molar-refractivity contribution in [2.24, 2.45) is 0 Å². The van der Waals surface area contributed by atoms with Crippen molar-refractivity contribution in [2.45, 2.75) is 85.5 Å². The van der Waals surface area contributed by atoms with Crippen LogP contribution in [0.25, 0.3) is 27.1 Å². The average Bonchev–Trinajstić information content (AvgIpc) is 3.68. The van der Waals surface area contributed by atoms with Gasteiger partial charge in [0.05, 0.1) is 0 Å². The van der Waals surface area contributed by atoms with E-state index in [0.717, 1.165) is 19.3 Å². The monoisotopic (exact) mass is 653 g/mol. The number of hydrogen-bond acceptors (Lipinski definition) is 0. The molecule has 0 atom stereocenters. The van der Waals surface area contributed by atoms with Crippen molar-refractivity contribution in [1.29, 1.82) is 0 Å². The summed E-state index contributed by atoms with van der Waals surface area (Å²) in [6.07, 6.45) is 10.1. The van der Waals surface area contributed by atoms with Gasteiger partial charge in [-0.25, -0.2) is 0 Å². The fraction of sp³-hybridized carbons (Fsp3) is 0.302. The molecule has 6 rings (SSSR count). The molecule has 0 aliphatic heterocycles. The molecule has 0 heterocycles. The Balaban J connectivity index is 0.000000229. The third-order valence-electron chi connectivity index (χ3n) is 8.92. The van der Waals surface area contributed by atoms with Gasteiger partial charge in [-0.05, 0) is 30.1 Å². The molecule has 1 aliphatic carbocycles. The van der Waals surface area contributed by atoms with E-state index in [1.54, 1.807) is 16.7 Å². The summed E-state index contributed by atoms with van der Waals surface area (Å²) in [5, 5.41) is 5.79. The molecule has 0 nitrogen and oxygen atoms in total. The number of allylic oxidation sites excluding steroid dienone is 4. The summed E-state index contributed by atoms with van der Waals surface area (Å²) < 4.78 is 1.42. The fourth-order valence-corrected chi connectivity index (χ4v) is 7.63. The molecule has 0 N–H and O–H groups in total. The Hall–Kier alpha value is -3.02. The first-order valence-electron chi connectivity index (χ1n) is 16.2. The number of rotatable bonds is 5. The first-order valence-corrected chi connectivity index (χ1v) is 17.5. The molecule has 0 spiro atoms. The molecule has 44 heavy (non-hydrogen) atoms. The van der Waals surface area contributed by atoms with E-state index in [0.29, 0.717) is 0 Å². The van der Waals surface area contributed by atoms with E-state index in [9.17, 15) is 0 Å². The Kier molecular flexibility index (Phi) is 9.67. The topological polar surface area (TPSA) is 0 Å². The SMILES string of the molecule is CCc1c(C(C)(C)C)c(C2=CC=CC2)c2[cH-]c3cc(C(C)(C)C)ccc3c2c1CC.[Zr]=[C](c1ccccc1)c1ccccc1. The molecule has 0 aromatic heterocycles. The van der Waals surface area contributed by atoms with Crippen LogP contribution >= 0.6 is 0 Å². The molecular weight excluding hydrogens is 608 g/mol. The van der Waals surface area contributed by atoms with Gasteiger partial charge in [-0.1, -0.05) is 119 Å². The van der Waals surface area contributed by atoms with Crippen molar-refractivity contribution in [3.8, 4) is 0 Å². The van der Waals surface area contributed by atoms with Crippen molar-refractivity contribution in [3.05, 3.63) is 142 Å². The van der Waals surface area contributed by atoms with Crippen LogP contribution in [0.5, 0.6) is 0 Å². The van der Waals surface area contributed by atoms with E-state index >= 15 is 0 Å². The molecule has 5 aromatic carbocycles. The standard InChI is InChI=1S/C30H37.C13H10.Zr/c1-9-22-23(10-2)28(30(6,7)8)26(19-13-11-12-14-19)25-18-20-17-21(29(3,4)5)15-16-24(20)27(22)25;1-3-7-12(8-4-1)11-13-9-5-2-6-10-13;/h11-13,15-18H,9-10,14H2,1-8H3;1-10H;/q-1;;. The van der Waals surface area contributed by atoms with Crippen LogP contribution in [-0.4, -0.2) is 3.21 Å². The van der Waals surface area contributed by atoms with E-state index < -0.39 is 0 Å². The van der Waals surface area contributed by atoms with Gasteiger partial charge in [-0.3, -0.25) is 0 Å². The van der Waals surface area contributed by atoms with Gasteiger partial charge < -0.3 is 0 Å². The van der Waals surface area contributed by atoms with Crippen LogP contribution in [0.15, 0.2) is 103 Å². The van der Waals surface area contributed by atoms with Crippen LogP contribution in [-0.2, 0) is 47.9 Å².